The second-order valence-corrected chi connectivity index (χ2v) is 10.3. The summed E-state index contributed by atoms with van der Waals surface area (Å²) >= 11 is 0. The highest BCUT2D eigenvalue weighted by Crippen LogP contribution is 2.32. The van der Waals surface area contributed by atoms with Crippen molar-refractivity contribution in [1.82, 2.24) is 14.7 Å². The Morgan fingerprint density at radius 1 is 1.20 bits per heavy atom. The molecule has 1 aliphatic rings. The molecular weight excluding hydrogens is 466 g/mol. The zero-order valence-corrected chi connectivity index (χ0v) is 20.5. The fourth-order valence-corrected chi connectivity index (χ4v) is 5.37. The largest absolute Gasteiger partial charge is 0.441 e. The number of hydrogen-bond acceptors (Lipinski definition) is 8. The highest BCUT2D eigenvalue weighted by atomic mass is 32.2. The highest BCUT2D eigenvalue weighted by molar-refractivity contribution is 7.89. The second kappa shape index (κ2) is 10.3. The number of carbonyl (C=O) groups is 1. The number of oxazole rings is 1. The van der Waals surface area contributed by atoms with Gasteiger partial charge in [-0.2, -0.15) is 5.26 Å². The number of rotatable bonds is 7. The topological polar surface area (TPSA) is 129 Å². The van der Waals surface area contributed by atoms with Crippen LogP contribution in [0.2, 0.25) is 0 Å². The molecule has 0 saturated carbocycles. The van der Waals surface area contributed by atoms with Gasteiger partial charge in [-0.15, -0.1) is 0 Å². The van der Waals surface area contributed by atoms with Crippen LogP contribution < -0.4 is 9.62 Å². The first-order chi connectivity index (χ1) is 16.8. The van der Waals surface area contributed by atoms with Crippen LogP contribution >= 0.6 is 0 Å². The molecule has 0 spiro atoms. The molecule has 1 saturated heterocycles. The molecule has 1 amide bonds. The van der Waals surface area contributed by atoms with Crippen LogP contribution in [0.4, 0.5) is 5.82 Å². The SMILES string of the molecule is CCc1cnc(-c2cnc(N3CCC(C(=O)NS(=O)(=O)Cc4ccccc4)CC3)c(C#N)c2C)o1. The Bertz CT molecular complexity index is 1350. The van der Waals surface area contributed by atoms with Crippen LogP contribution in [0.1, 0.15) is 42.2 Å². The van der Waals surface area contributed by atoms with Gasteiger partial charge in [0.25, 0.3) is 0 Å². The maximum absolute atomic E-state index is 12.7. The molecule has 1 fully saturated rings. The minimum atomic E-state index is -3.78. The Kier molecular flexibility index (Phi) is 7.17. The molecular formula is C25H27N5O4S. The number of aryl methyl sites for hydroxylation is 1. The van der Waals surface area contributed by atoms with E-state index in [0.717, 1.165) is 17.7 Å². The van der Waals surface area contributed by atoms with Gasteiger partial charge in [-0.05, 0) is 30.9 Å². The second-order valence-electron chi connectivity index (χ2n) is 8.56. The maximum Gasteiger partial charge on any atom is 0.239 e. The first-order valence-corrected chi connectivity index (χ1v) is 13.1. The Morgan fingerprint density at radius 2 is 1.91 bits per heavy atom. The summed E-state index contributed by atoms with van der Waals surface area (Å²) in [6.45, 7) is 4.78. The summed E-state index contributed by atoms with van der Waals surface area (Å²) in [5.74, 6) is 0.574. The van der Waals surface area contributed by atoms with Gasteiger partial charge < -0.3 is 9.32 Å². The van der Waals surface area contributed by atoms with Crippen LogP contribution in [0.5, 0.6) is 0 Å². The standard InChI is InChI=1S/C25H27N5O4S/c1-3-20-14-28-25(34-20)22-15-27-23(21(13-26)17(22)2)30-11-9-19(10-12-30)24(31)29-35(32,33)16-18-7-5-4-6-8-18/h4-8,14-15,19H,3,9-12,16H2,1-2H3,(H,29,31). The van der Waals surface area contributed by atoms with Gasteiger partial charge in [-0.25, -0.2) is 18.4 Å². The molecule has 0 atom stereocenters. The van der Waals surface area contributed by atoms with E-state index in [0.29, 0.717) is 54.3 Å². The lowest BCUT2D eigenvalue weighted by Crippen LogP contribution is -2.43. The lowest BCUT2D eigenvalue weighted by atomic mass is 9.95. The van der Waals surface area contributed by atoms with E-state index < -0.39 is 21.8 Å². The highest BCUT2D eigenvalue weighted by Gasteiger charge is 2.30. The third kappa shape index (κ3) is 5.52. The van der Waals surface area contributed by atoms with E-state index in [1.165, 1.54) is 0 Å². The monoisotopic (exact) mass is 493 g/mol. The van der Waals surface area contributed by atoms with Gasteiger partial charge in [0.05, 0.1) is 23.1 Å². The number of anilines is 1. The van der Waals surface area contributed by atoms with Crippen molar-refractivity contribution in [3.8, 4) is 17.5 Å². The van der Waals surface area contributed by atoms with E-state index in [4.69, 9.17) is 4.42 Å². The summed E-state index contributed by atoms with van der Waals surface area (Å²) in [4.78, 5) is 23.4. The summed E-state index contributed by atoms with van der Waals surface area (Å²) < 4.78 is 32.8. The van der Waals surface area contributed by atoms with Gasteiger partial charge in [-0.1, -0.05) is 37.3 Å². The smallest absolute Gasteiger partial charge is 0.239 e. The van der Waals surface area contributed by atoms with Crippen LogP contribution in [-0.2, 0) is 27.0 Å². The average Bonchev–Trinajstić information content (AvgIpc) is 3.33. The van der Waals surface area contributed by atoms with Gasteiger partial charge in [0, 0.05) is 31.6 Å². The number of pyridine rings is 1. The number of carbonyl (C=O) groups excluding carboxylic acids is 1. The fraction of sp³-hybridized carbons (Fsp3) is 0.360. The third-order valence-corrected chi connectivity index (χ3v) is 7.41. The number of sulfonamides is 1. The summed E-state index contributed by atoms with van der Waals surface area (Å²) in [6, 6.07) is 11.0. The van der Waals surface area contributed by atoms with Gasteiger partial charge in [0.1, 0.15) is 17.6 Å². The Labute approximate surface area is 204 Å². The molecule has 10 heteroatoms. The van der Waals surface area contributed by atoms with Crippen molar-refractivity contribution in [1.29, 1.82) is 5.26 Å². The number of amides is 1. The first-order valence-electron chi connectivity index (χ1n) is 11.5. The van der Waals surface area contributed by atoms with E-state index >= 15 is 0 Å². The molecule has 3 heterocycles. The number of benzene rings is 1. The predicted molar refractivity (Wildman–Crippen MR) is 131 cm³/mol. The fourth-order valence-electron chi connectivity index (χ4n) is 4.19. The van der Waals surface area contributed by atoms with Crippen molar-refractivity contribution in [3.05, 3.63) is 65.2 Å². The Hall–Kier alpha value is -3.71. The average molecular weight is 494 g/mol. The van der Waals surface area contributed by atoms with Gasteiger partial charge >= 0.3 is 0 Å². The van der Waals surface area contributed by atoms with E-state index in [1.807, 2.05) is 18.7 Å². The van der Waals surface area contributed by atoms with Crippen molar-refractivity contribution in [2.45, 2.75) is 38.9 Å². The first kappa shape index (κ1) is 24.4. The normalized spacial score (nSPS) is 14.5. The molecule has 1 aromatic carbocycles. The van der Waals surface area contributed by atoms with E-state index in [1.54, 1.807) is 42.7 Å². The molecule has 0 unspecified atom stereocenters. The molecule has 2 aromatic heterocycles. The minimum Gasteiger partial charge on any atom is -0.441 e. The quantitative estimate of drug-likeness (QED) is 0.530. The van der Waals surface area contributed by atoms with Crippen molar-refractivity contribution in [3.63, 3.8) is 0 Å². The van der Waals surface area contributed by atoms with Crippen LogP contribution in [0, 0.1) is 24.2 Å². The van der Waals surface area contributed by atoms with Crippen LogP contribution in [0.3, 0.4) is 0 Å². The Balaban J connectivity index is 1.42. The lowest BCUT2D eigenvalue weighted by molar-refractivity contribution is -0.123. The molecule has 0 radical (unpaired) electrons. The van der Waals surface area contributed by atoms with Gasteiger partial charge in [0.15, 0.2) is 0 Å². The number of nitriles is 1. The molecule has 1 aliphatic heterocycles. The zero-order chi connectivity index (χ0) is 25.0. The van der Waals surface area contributed by atoms with E-state index in [2.05, 4.69) is 20.8 Å². The Morgan fingerprint density at radius 3 is 2.54 bits per heavy atom. The number of aromatic nitrogens is 2. The predicted octanol–water partition coefficient (Wildman–Crippen LogP) is 3.34. The van der Waals surface area contributed by atoms with Crippen LogP contribution in [0.25, 0.3) is 11.5 Å². The summed E-state index contributed by atoms with van der Waals surface area (Å²) in [6.07, 6.45) is 4.97. The van der Waals surface area contributed by atoms with Crippen molar-refractivity contribution in [2.24, 2.45) is 5.92 Å². The van der Waals surface area contributed by atoms with Crippen LogP contribution in [0.15, 0.2) is 47.1 Å². The number of nitrogens with one attached hydrogen (secondary N) is 1. The maximum atomic E-state index is 12.7. The molecule has 35 heavy (non-hydrogen) atoms. The van der Waals surface area contributed by atoms with Crippen molar-refractivity contribution < 1.29 is 17.6 Å². The number of nitrogens with zero attached hydrogens (tertiary/aromatic N) is 4. The minimum absolute atomic E-state index is 0.246. The van der Waals surface area contributed by atoms with E-state index in [-0.39, 0.29) is 5.75 Å². The number of piperidine rings is 1. The van der Waals surface area contributed by atoms with Crippen molar-refractivity contribution in [2.75, 3.05) is 18.0 Å². The molecule has 0 bridgehead atoms. The number of hydrogen-bond donors (Lipinski definition) is 1. The third-order valence-electron chi connectivity index (χ3n) is 6.18. The summed E-state index contributed by atoms with van der Waals surface area (Å²) in [7, 11) is -3.78. The van der Waals surface area contributed by atoms with Gasteiger partial charge in [-0.3, -0.25) is 9.52 Å². The molecule has 182 valence electrons. The van der Waals surface area contributed by atoms with Crippen molar-refractivity contribution >= 4 is 21.7 Å². The van der Waals surface area contributed by atoms with Crippen LogP contribution in [-0.4, -0.2) is 37.4 Å². The van der Waals surface area contributed by atoms with Gasteiger partial charge in [0.2, 0.25) is 21.8 Å². The molecule has 9 nitrogen and oxygen atoms in total. The lowest BCUT2D eigenvalue weighted by Gasteiger charge is -2.32. The zero-order valence-electron chi connectivity index (χ0n) is 19.7. The molecule has 0 aliphatic carbocycles. The molecule has 3 aromatic rings. The molecule has 4 rings (SSSR count). The summed E-state index contributed by atoms with van der Waals surface area (Å²) in [5, 5.41) is 9.84. The summed E-state index contributed by atoms with van der Waals surface area (Å²) in [5.41, 5.74) is 2.45. The molecule has 1 N–H and O–H groups in total. The van der Waals surface area contributed by atoms with E-state index in [9.17, 15) is 18.5 Å².